The third-order valence-electron chi connectivity index (χ3n) is 3.91. The maximum Gasteiger partial charge on any atom is 0.421 e. The van der Waals surface area contributed by atoms with E-state index in [2.05, 4.69) is 15.3 Å². The van der Waals surface area contributed by atoms with Crippen molar-refractivity contribution in [3.8, 4) is 0 Å². The standard InChI is InChI=1S/C19H16ClF3N4/c1-12-3-7-14(8-4-12)25-18-24-11-16(19(21,22)23)17(26-18)27(2)15-9-5-13(20)6-10-15/h3-11H,1-2H3,(H,24,25,26). The number of hydrogen-bond acceptors (Lipinski definition) is 4. The molecule has 2 aromatic carbocycles. The molecule has 0 radical (unpaired) electrons. The number of halogens is 4. The van der Waals surface area contributed by atoms with E-state index in [0.717, 1.165) is 11.8 Å². The fourth-order valence-electron chi connectivity index (χ4n) is 2.44. The van der Waals surface area contributed by atoms with Gasteiger partial charge in [-0.05, 0) is 43.3 Å². The van der Waals surface area contributed by atoms with Crippen molar-refractivity contribution in [3.05, 3.63) is 70.9 Å². The Bertz CT molecular complexity index is 925. The minimum atomic E-state index is -4.58. The van der Waals surface area contributed by atoms with E-state index in [1.807, 2.05) is 19.1 Å². The molecular weight excluding hydrogens is 377 g/mol. The van der Waals surface area contributed by atoms with E-state index in [1.165, 1.54) is 11.9 Å². The molecular formula is C19H16ClF3N4. The van der Waals surface area contributed by atoms with E-state index in [-0.39, 0.29) is 11.8 Å². The molecule has 0 aliphatic carbocycles. The summed E-state index contributed by atoms with van der Waals surface area (Å²) in [5.41, 5.74) is 1.34. The Labute approximate surface area is 159 Å². The van der Waals surface area contributed by atoms with Gasteiger partial charge in [-0.1, -0.05) is 29.3 Å². The van der Waals surface area contributed by atoms with E-state index in [0.29, 0.717) is 16.4 Å². The highest BCUT2D eigenvalue weighted by Crippen LogP contribution is 2.37. The van der Waals surface area contributed by atoms with Crippen molar-refractivity contribution in [1.82, 2.24) is 9.97 Å². The molecule has 3 rings (SSSR count). The predicted molar refractivity (Wildman–Crippen MR) is 101 cm³/mol. The summed E-state index contributed by atoms with van der Waals surface area (Å²) in [6, 6.07) is 13.8. The summed E-state index contributed by atoms with van der Waals surface area (Å²) >= 11 is 5.86. The minimum absolute atomic E-state index is 0.0719. The van der Waals surface area contributed by atoms with Crippen LogP contribution in [-0.4, -0.2) is 17.0 Å². The third kappa shape index (κ3) is 4.49. The van der Waals surface area contributed by atoms with Gasteiger partial charge in [0.15, 0.2) is 5.82 Å². The van der Waals surface area contributed by atoms with Crippen molar-refractivity contribution < 1.29 is 13.2 Å². The lowest BCUT2D eigenvalue weighted by Gasteiger charge is -2.23. The van der Waals surface area contributed by atoms with Crippen molar-refractivity contribution in [2.24, 2.45) is 0 Å². The van der Waals surface area contributed by atoms with Crippen LogP contribution in [0.1, 0.15) is 11.1 Å². The molecule has 0 bridgehead atoms. The van der Waals surface area contributed by atoms with Gasteiger partial charge < -0.3 is 10.2 Å². The van der Waals surface area contributed by atoms with E-state index in [1.54, 1.807) is 36.4 Å². The molecule has 0 spiro atoms. The Morgan fingerprint density at radius 1 is 1.00 bits per heavy atom. The Kier molecular flexibility index (Phi) is 5.23. The predicted octanol–water partition coefficient (Wildman–Crippen LogP) is 5.97. The maximum atomic E-state index is 13.4. The molecule has 0 aliphatic rings. The second-order valence-corrected chi connectivity index (χ2v) is 6.39. The zero-order valence-electron chi connectivity index (χ0n) is 14.5. The second kappa shape index (κ2) is 7.44. The maximum absolute atomic E-state index is 13.4. The van der Waals surface area contributed by atoms with Crippen LogP contribution in [0.5, 0.6) is 0 Å². The van der Waals surface area contributed by atoms with E-state index in [9.17, 15) is 13.2 Å². The Balaban J connectivity index is 2.00. The van der Waals surface area contributed by atoms with Crippen molar-refractivity contribution in [2.75, 3.05) is 17.3 Å². The van der Waals surface area contributed by atoms with Gasteiger partial charge in [-0.2, -0.15) is 18.2 Å². The lowest BCUT2D eigenvalue weighted by atomic mass is 10.2. The number of aromatic nitrogens is 2. The number of alkyl halides is 3. The number of hydrogen-bond donors (Lipinski definition) is 1. The van der Waals surface area contributed by atoms with Gasteiger partial charge in [-0.3, -0.25) is 0 Å². The Morgan fingerprint density at radius 2 is 1.63 bits per heavy atom. The number of anilines is 4. The summed E-state index contributed by atoms with van der Waals surface area (Å²) in [6.07, 6.45) is -3.80. The third-order valence-corrected chi connectivity index (χ3v) is 4.17. The molecule has 1 N–H and O–H groups in total. The molecule has 0 saturated heterocycles. The van der Waals surface area contributed by atoms with Gasteiger partial charge in [0.05, 0.1) is 0 Å². The largest absolute Gasteiger partial charge is 0.421 e. The highest BCUT2D eigenvalue weighted by molar-refractivity contribution is 6.30. The summed E-state index contributed by atoms with van der Waals surface area (Å²) < 4.78 is 40.3. The number of nitrogens with zero attached hydrogens (tertiary/aromatic N) is 3. The van der Waals surface area contributed by atoms with Crippen LogP contribution in [-0.2, 0) is 6.18 Å². The fraction of sp³-hybridized carbons (Fsp3) is 0.158. The summed E-state index contributed by atoms with van der Waals surface area (Å²) in [5.74, 6) is -0.183. The zero-order valence-corrected chi connectivity index (χ0v) is 15.3. The van der Waals surface area contributed by atoms with E-state index >= 15 is 0 Å². The molecule has 140 valence electrons. The van der Waals surface area contributed by atoms with Crippen LogP contribution < -0.4 is 10.2 Å². The molecule has 0 atom stereocenters. The highest BCUT2D eigenvalue weighted by Gasteiger charge is 2.36. The van der Waals surface area contributed by atoms with Gasteiger partial charge in [0, 0.05) is 29.6 Å². The first-order chi connectivity index (χ1) is 12.7. The monoisotopic (exact) mass is 392 g/mol. The number of benzene rings is 2. The first-order valence-corrected chi connectivity index (χ1v) is 8.39. The van der Waals surface area contributed by atoms with E-state index in [4.69, 9.17) is 11.6 Å². The van der Waals surface area contributed by atoms with Crippen LogP contribution in [0.3, 0.4) is 0 Å². The Hall–Kier alpha value is -2.80. The molecule has 4 nitrogen and oxygen atoms in total. The van der Waals surface area contributed by atoms with Gasteiger partial charge in [-0.15, -0.1) is 0 Å². The van der Waals surface area contributed by atoms with Gasteiger partial charge >= 0.3 is 6.18 Å². The van der Waals surface area contributed by atoms with Crippen LogP contribution in [0.4, 0.5) is 36.3 Å². The molecule has 8 heteroatoms. The first kappa shape index (κ1) is 19.0. The normalized spacial score (nSPS) is 11.3. The molecule has 0 unspecified atom stereocenters. The lowest BCUT2D eigenvalue weighted by molar-refractivity contribution is -0.137. The molecule has 0 saturated carbocycles. The van der Waals surface area contributed by atoms with Crippen molar-refractivity contribution in [1.29, 1.82) is 0 Å². The average molecular weight is 393 g/mol. The molecule has 0 amide bonds. The summed E-state index contributed by atoms with van der Waals surface area (Å²) in [6.45, 7) is 1.94. The quantitative estimate of drug-likeness (QED) is 0.594. The number of aryl methyl sites for hydroxylation is 1. The summed E-state index contributed by atoms with van der Waals surface area (Å²) in [7, 11) is 1.51. The number of rotatable bonds is 4. The van der Waals surface area contributed by atoms with Crippen molar-refractivity contribution in [2.45, 2.75) is 13.1 Å². The van der Waals surface area contributed by atoms with Gasteiger partial charge in [0.1, 0.15) is 5.56 Å². The SMILES string of the molecule is Cc1ccc(Nc2ncc(C(F)(F)F)c(N(C)c3ccc(Cl)cc3)n2)cc1. The highest BCUT2D eigenvalue weighted by atomic mass is 35.5. The molecule has 3 aromatic rings. The molecule has 0 fully saturated rings. The molecule has 27 heavy (non-hydrogen) atoms. The van der Waals surface area contributed by atoms with Crippen LogP contribution in [0.2, 0.25) is 5.02 Å². The minimum Gasteiger partial charge on any atom is -0.329 e. The van der Waals surface area contributed by atoms with E-state index < -0.39 is 11.7 Å². The smallest absolute Gasteiger partial charge is 0.329 e. The average Bonchev–Trinajstić information content (AvgIpc) is 2.63. The molecule has 0 aliphatic heterocycles. The van der Waals surface area contributed by atoms with Crippen molar-refractivity contribution in [3.63, 3.8) is 0 Å². The van der Waals surface area contributed by atoms with Crippen LogP contribution in [0.15, 0.2) is 54.7 Å². The molecule has 1 aromatic heterocycles. The zero-order chi connectivity index (χ0) is 19.6. The summed E-state index contributed by atoms with van der Waals surface area (Å²) in [4.78, 5) is 9.28. The summed E-state index contributed by atoms with van der Waals surface area (Å²) in [5, 5.41) is 3.42. The van der Waals surface area contributed by atoms with Crippen LogP contribution >= 0.6 is 11.6 Å². The first-order valence-electron chi connectivity index (χ1n) is 8.01. The van der Waals surface area contributed by atoms with Gasteiger partial charge in [0.25, 0.3) is 0 Å². The van der Waals surface area contributed by atoms with Crippen LogP contribution in [0.25, 0.3) is 0 Å². The van der Waals surface area contributed by atoms with Gasteiger partial charge in [-0.25, -0.2) is 4.98 Å². The Morgan fingerprint density at radius 3 is 2.22 bits per heavy atom. The van der Waals surface area contributed by atoms with Crippen molar-refractivity contribution >= 4 is 34.7 Å². The van der Waals surface area contributed by atoms with Crippen LogP contribution in [0, 0.1) is 6.92 Å². The molecule has 1 heterocycles. The number of nitrogens with one attached hydrogen (secondary N) is 1. The lowest BCUT2D eigenvalue weighted by Crippen LogP contribution is -2.19. The van der Waals surface area contributed by atoms with Gasteiger partial charge in [0.2, 0.25) is 5.95 Å². The topological polar surface area (TPSA) is 41.1 Å². The fourth-order valence-corrected chi connectivity index (χ4v) is 2.57. The second-order valence-electron chi connectivity index (χ2n) is 5.96.